The highest BCUT2D eigenvalue weighted by Crippen LogP contribution is 2.17. The average Bonchev–Trinajstić information content (AvgIpc) is 2.12. The summed E-state index contributed by atoms with van der Waals surface area (Å²) < 4.78 is 0. The largest absolute Gasteiger partial charge is 0.306 e. The predicted molar refractivity (Wildman–Crippen MR) is 62.8 cm³/mol. The van der Waals surface area contributed by atoms with E-state index in [1.54, 1.807) is 0 Å². The zero-order valence-electron chi connectivity index (χ0n) is 9.77. The van der Waals surface area contributed by atoms with Crippen LogP contribution in [-0.4, -0.2) is 32.2 Å². The highest BCUT2D eigenvalue weighted by Gasteiger charge is 2.20. The van der Waals surface area contributed by atoms with Crippen LogP contribution in [0.4, 0.5) is 0 Å². The van der Waals surface area contributed by atoms with Crippen molar-refractivity contribution in [1.82, 2.24) is 4.90 Å². The lowest BCUT2D eigenvalue weighted by Gasteiger charge is -2.27. The lowest BCUT2D eigenvalue weighted by Crippen LogP contribution is -2.40. The summed E-state index contributed by atoms with van der Waals surface area (Å²) in [5.74, 6) is 0.964. The molecular weight excluding hydrogens is 174 g/mol. The van der Waals surface area contributed by atoms with Crippen molar-refractivity contribution < 1.29 is 0 Å². The van der Waals surface area contributed by atoms with Crippen molar-refractivity contribution in [2.24, 2.45) is 5.92 Å². The van der Waals surface area contributed by atoms with Gasteiger partial charge in [-0.2, -0.15) is 0 Å². The lowest BCUT2D eigenvalue weighted by molar-refractivity contribution is 0.321. The van der Waals surface area contributed by atoms with Crippen molar-refractivity contribution in [1.29, 1.82) is 0 Å². The highest BCUT2D eigenvalue weighted by molar-refractivity contribution is 6.76. The molecule has 0 aromatic carbocycles. The average molecular weight is 199 g/mol. The van der Waals surface area contributed by atoms with Gasteiger partial charge in [0.1, 0.15) is 0 Å². The first-order valence-electron chi connectivity index (χ1n) is 5.70. The highest BCUT2D eigenvalue weighted by atomic mass is 28.3. The summed E-state index contributed by atoms with van der Waals surface area (Å²) in [6.07, 6.45) is 5.69. The van der Waals surface area contributed by atoms with Crippen LogP contribution in [0, 0.1) is 5.92 Å². The molecule has 0 N–H and O–H groups in total. The van der Waals surface area contributed by atoms with Gasteiger partial charge in [-0.15, -0.1) is 0 Å². The molecule has 0 aromatic heterocycles. The van der Waals surface area contributed by atoms with Crippen LogP contribution in [0.3, 0.4) is 0 Å². The van der Waals surface area contributed by atoms with Crippen molar-refractivity contribution >= 4 is 8.07 Å². The molecule has 1 unspecified atom stereocenters. The third kappa shape index (κ3) is 4.82. The predicted octanol–water partition coefficient (Wildman–Crippen LogP) is 2.99. The maximum absolute atomic E-state index is 2.70. The summed E-state index contributed by atoms with van der Waals surface area (Å²) in [5, 5.41) is 0. The third-order valence-electron chi connectivity index (χ3n) is 2.81. The van der Waals surface area contributed by atoms with Gasteiger partial charge in [0.2, 0.25) is 0 Å². The molecule has 0 bridgehead atoms. The van der Waals surface area contributed by atoms with E-state index in [9.17, 15) is 0 Å². The number of likely N-dealkylation sites (tertiary alicyclic amines) is 1. The van der Waals surface area contributed by atoms with Crippen molar-refractivity contribution in [3.05, 3.63) is 0 Å². The molecule has 1 atom stereocenters. The van der Waals surface area contributed by atoms with E-state index in [4.69, 9.17) is 0 Å². The fourth-order valence-electron chi connectivity index (χ4n) is 2.15. The first-order chi connectivity index (χ1) is 5.97. The second-order valence-electron chi connectivity index (χ2n) is 5.87. The fourth-order valence-corrected chi connectivity index (χ4v) is 3.81. The molecule has 13 heavy (non-hydrogen) atoms. The SMILES string of the molecule is CC1CCCN(C[Si](C)(C)C)CC1. The molecule has 1 heterocycles. The minimum atomic E-state index is -0.863. The van der Waals surface area contributed by atoms with Gasteiger partial charge in [-0.1, -0.05) is 26.6 Å². The molecule has 2 heteroatoms. The number of nitrogens with zero attached hydrogens (tertiary/aromatic N) is 1. The van der Waals surface area contributed by atoms with Crippen LogP contribution in [0.5, 0.6) is 0 Å². The van der Waals surface area contributed by atoms with Crippen molar-refractivity contribution in [3.63, 3.8) is 0 Å². The van der Waals surface area contributed by atoms with E-state index in [2.05, 4.69) is 31.5 Å². The van der Waals surface area contributed by atoms with Gasteiger partial charge in [0.25, 0.3) is 0 Å². The molecule has 1 fully saturated rings. The van der Waals surface area contributed by atoms with Crippen LogP contribution in [0.2, 0.25) is 19.6 Å². The Morgan fingerprint density at radius 3 is 2.46 bits per heavy atom. The van der Waals surface area contributed by atoms with Gasteiger partial charge in [0, 0.05) is 0 Å². The molecule has 1 rings (SSSR count). The summed E-state index contributed by atoms with van der Waals surface area (Å²) in [6.45, 7) is 12.5. The van der Waals surface area contributed by atoms with Gasteiger partial charge in [-0.05, 0) is 44.4 Å². The lowest BCUT2D eigenvalue weighted by atomic mass is 10.0. The topological polar surface area (TPSA) is 3.24 Å². The van der Waals surface area contributed by atoms with Crippen LogP contribution < -0.4 is 0 Å². The molecule has 1 aliphatic rings. The van der Waals surface area contributed by atoms with E-state index in [0.717, 1.165) is 5.92 Å². The van der Waals surface area contributed by atoms with Gasteiger partial charge in [0.15, 0.2) is 0 Å². The van der Waals surface area contributed by atoms with Gasteiger partial charge >= 0.3 is 0 Å². The Kier molecular flexibility index (Phi) is 3.99. The summed E-state index contributed by atoms with van der Waals surface area (Å²) >= 11 is 0. The van der Waals surface area contributed by atoms with Gasteiger partial charge < -0.3 is 4.90 Å². The van der Waals surface area contributed by atoms with E-state index in [-0.39, 0.29) is 0 Å². The Bertz CT molecular complexity index is 151. The first kappa shape index (κ1) is 11.3. The molecule has 0 saturated carbocycles. The van der Waals surface area contributed by atoms with Gasteiger partial charge in [-0.25, -0.2) is 0 Å². The Morgan fingerprint density at radius 2 is 1.85 bits per heavy atom. The molecule has 0 radical (unpaired) electrons. The molecule has 1 aliphatic heterocycles. The Balaban J connectivity index is 2.34. The molecule has 0 aliphatic carbocycles. The summed E-state index contributed by atoms with van der Waals surface area (Å²) in [4.78, 5) is 2.70. The van der Waals surface area contributed by atoms with Crippen molar-refractivity contribution in [3.8, 4) is 0 Å². The van der Waals surface area contributed by atoms with E-state index < -0.39 is 8.07 Å². The number of rotatable bonds is 2. The minimum absolute atomic E-state index is 0.863. The van der Waals surface area contributed by atoms with E-state index in [1.807, 2.05) is 0 Å². The normalized spacial score (nSPS) is 27.2. The summed E-state index contributed by atoms with van der Waals surface area (Å²) in [5.41, 5.74) is 0. The monoisotopic (exact) mass is 199 g/mol. The summed E-state index contributed by atoms with van der Waals surface area (Å²) in [7, 11) is -0.863. The van der Waals surface area contributed by atoms with Crippen LogP contribution in [0.1, 0.15) is 26.2 Å². The Hall–Kier alpha value is 0.177. The molecule has 1 nitrogen and oxygen atoms in total. The van der Waals surface area contributed by atoms with Crippen molar-refractivity contribution in [2.75, 3.05) is 19.3 Å². The Morgan fingerprint density at radius 1 is 1.15 bits per heavy atom. The van der Waals surface area contributed by atoms with Crippen LogP contribution in [0.15, 0.2) is 0 Å². The number of hydrogen-bond acceptors (Lipinski definition) is 1. The maximum atomic E-state index is 2.70. The second kappa shape index (κ2) is 4.60. The van der Waals surface area contributed by atoms with Gasteiger partial charge in [0.05, 0.1) is 8.07 Å². The second-order valence-corrected chi connectivity index (χ2v) is 11.3. The van der Waals surface area contributed by atoms with E-state index in [1.165, 1.54) is 38.5 Å². The van der Waals surface area contributed by atoms with Crippen LogP contribution in [-0.2, 0) is 0 Å². The zero-order valence-corrected chi connectivity index (χ0v) is 10.8. The van der Waals surface area contributed by atoms with Crippen LogP contribution >= 0.6 is 0 Å². The molecule has 0 spiro atoms. The third-order valence-corrected chi connectivity index (χ3v) is 4.20. The minimum Gasteiger partial charge on any atom is -0.306 e. The fraction of sp³-hybridized carbons (Fsp3) is 1.00. The molecule has 0 amide bonds. The van der Waals surface area contributed by atoms with E-state index >= 15 is 0 Å². The number of hydrogen-bond donors (Lipinski definition) is 0. The maximum Gasteiger partial charge on any atom is 0.0599 e. The molecular formula is C11H25NSi. The van der Waals surface area contributed by atoms with Gasteiger partial charge in [-0.3, -0.25) is 0 Å². The zero-order chi connectivity index (χ0) is 9.90. The molecule has 78 valence electrons. The van der Waals surface area contributed by atoms with Crippen molar-refractivity contribution in [2.45, 2.75) is 45.8 Å². The molecule has 1 saturated heterocycles. The smallest absolute Gasteiger partial charge is 0.0599 e. The van der Waals surface area contributed by atoms with Crippen LogP contribution in [0.25, 0.3) is 0 Å². The molecule has 0 aromatic rings. The quantitative estimate of drug-likeness (QED) is 0.618. The Labute approximate surface area is 84.5 Å². The van der Waals surface area contributed by atoms with E-state index in [0.29, 0.717) is 0 Å². The standard InChI is InChI=1S/C11H25NSi/c1-11-6-5-8-12(9-7-11)10-13(2,3)4/h11H,5-10H2,1-4H3. The first-order valence-corrected chi connectivity index (χ1v) is 9.40. The summed E-state index contributed by atoms with van der Waals surface area (Å²) in [6, 6.07) is 0.